The van der Waals surface area contributed by atoms with E-state index >= 15 is 0 Å². The first-order valence-electron chi connectivity index (χ1n) is 21.3. The van der Waals surface area contributed by atoms with Gasteiger partial charge < -0.3 is 87.7 Å². The number of ketones is 3. The number of esters is 9. The molecule has 0 spiro atoms. The maximum atomic E-state index is 10.7. The number of carbonyl (C=O) groups excluding carboxylic acids is 12. The molecule has 27 heteroatoms. The lowest BCUT2D eigenvalue weighted by atomic mass is 10.1. The normalized spacial score (nSPS) is 28.2. The first kappa shape index (κ1) is 61.0. The van der Waals surface area contributed by atoms with Crippen LogP contribution in [0, 0.1) is 0 Å². The van der Waals surface area contributed by atoms with Gasteiger partial charge in [-0.1, -0.05) is 0 Å². The molecule has 0 bridgehead atoms. The lowest BCUT2D eigenvalue weighted by Crippen LogP contribution is -2.31. The zero-order chi connectivity index (χ0) is 52.7. The molecule has 0 aromatic heterocycles. The summed E-state index contributed by atoms with van der Waals surface area (Å²) in [6.45, 7) is 4.66. The SMILES string of the molecule is COC(=O)CCCCC(C)=O.COC(=O)CCCCC(C)=O.COC(=O)CCCCC(C)=O.O=C1O[C@H]2[C@H](OC(=O)[C@@H]2O)[C@@H]1O.O=C1O[C@H]2[C@H](OC(=O)[C@@H]2O)[C@@H]1O.O=C1O[C@H]2[C@H](OC(=O)[C@@H]2O)[C@@H]1O. The highest BCUT2D eigenvalue weighted by Crippen LogP contribution is 2.30. The summed E-state index contributed by atoms with van der Waals surface area (Å²) in [5.74, 6) is -5.26. The van der Waals surface area contributed by atoms with Crippen LogP contribution in [-0.4, -0.2) is 196 Å². The van der Waals surface area contributed by atoms with Crippen molar-refractivity contribution >= 4 is 71.1 Å². The second-order valence-electron chi connectivity index (χ2n) is 15.5. The molecule has 27 nitrogen and oxygen atoms in total. The van der Waals surface area contributed by atoms with Crippen molar-refractivity contribution in [3.05, 3.63) is 0 Å². The minimum atomic E-state index is -1.46. The first-order chi connectivity index (χ1) is 32.3. The van der Waals surface area contributed by atoms with Crippen molar-refractivity contribution in [3.8, 4) is 0 Å². The quantitative estimate of drug-likeness (QED) is 0.0529. The number of aliphatic hydroxyl groups excluding tert-OH is 6. The van der Waals surface area contributed by atoms with Gasteiger partial charge in [0.25, 0.3) is 0 Å². The van der Waals surface area contributed by atoms with Crippen molar-refractivity contribution in [2.45, 2.75) is 171 Å². The van der Waals surface area contributed by atoms with Crippen LogP contribution in [0.1, 0.15) is 97.8 Å². The van der Waals surface area contributed by atoms with Gasteiger partial charge in [0.15, 0.2) is 73.2 Å². The van der Waals surface area contributed by atoms with Crippen LogP contribution in [0.25, 0.3) is 0 Å². The molecule has 390 valence electrons. The van der Waals surface area contributed by atoms with E-state index in [9.17, 15) is 57.5 Å². The van der Waals surface area contributed by atoms with Crippen LogP contribution in [0.5, 0.6) is 0 Å². The van der Waals surface area contributed by atoms with E-state index in [1.807, 2.05) is 0 Å². The van der Waals surface area contributed by atoms with E-state index in [4.69, 9.17) is 30.6 Å². The molecule has 0 saturated carbocycles. The Kier molecular flexibility index (Phi) is 27.0. The highest BCUT2D eigenvalue weighted by atomic mass is 16.7. The Hall–Kier alpha value is -6.00. The van der Waals surface area contributed by atoms with Gasteiger partial charge in [0, 0.05) is 38.5 Å². The Morgan fingerprint density at radius 2 is 0.478 bits per heavy atom. The zero-order valence-corrected chi connectivity index (χ0v) is 38.7. The Morgan fingerprint density at radius 1 is 0.333 bits per heavy atom. The molecular formula is C42H60O27. The maximum Gasteiger partial charge on any atom is 0.339 e. The summed E-state index contributed by atoms with van der Waals surface area (Å²) in [4.78, 5) is 127. The number of ether oxygens (including phenoxy) is 9. The molecule has 6 saturated heterocycles. The molecule has 0 aromatic rings. The monoisotopic (exact) mass is 996 g/mol. The van der Waals surface area contributed by atoms with E-state index in [0.717, 1.165) is 38.5 Å². The minimum Gasteiger partial charge on any atom is -0.469 e. The second kappa shape index (κ2) is 30.5. The molecule has 0 unspecified atom stereocenters. The predicted molar refractivity (Wildman–Crippen MR) is 219 cm³/mol. The van der Waals surface area contributed by atoms with E-state index in [0.29, 0.717) is 38.5 Å². The second-order valence-corrected chi connectivity index (χ2v) is 15.5. The molecule has 6 aliphatic heterocycles. The zero-order valence-electron chi connectivity index (χ0n) is 38.7. The van der Waals surface area contributed by atoms with Crippen LogP contribution in [-0.2, 0) is 100 Å². The minimum absolute atomic E-state index is 0.176. The number of carbonyl (C=O) groups is 12. The number of hydrogen-bond donors (Lipinski definition) is 6. The van der Waals surface area contributed by atoms with E-state index < -0.39 is 109 Å². The summed E-state index contributed by atoms with van der Waals surface area (Å²) in [6, 6.07) is 0. The molecule has 0 amide bonds. The molecule has 0 aromatic carbocycles. The van der Waals surface area contributed by atoms with Crippen molar-refractivity contribution < 1.29 is 131 Å². The molecule has 12 atom stereocenters. The summed E-state index contributed by atoms with van der Waals surface area (Å²) in [5.41, 5.74) is 0. The van der Waals surface area contributed by atoms with E-state index in [1.54, 1.807) is 20.8 Å². The van der Waals surface area contributed by atoms with E-state index in [1.165, 1.54) is 21.3 Å². The fourth-order valence-corrected chi connectivity index (χ4v) is 6.13. The third kappa shape index (κ3) is 20.2. The third-order valence-corrected chi connectivity index (χ3v) is 9.96. The smallest absolute Gasteiger partial charge is 0.339 e. The van der Waals surface area contributed by atoms with Crippen LogP contribution < -0.4 is 0 Å². The van der Waals surface area contributed by atoms with Crippen molar-refractivity contribution in [2.24, 2.45) is 0 Å². The summed E-state index contributed by atoms with van der Waals surface area (Å²) in [7, 11) is 4.11. The van der Waals surface area contributed by atoms with Crippen molar-refractivity contribution in [1.29, 1.82) is 0 Å². The van der Waals surface area contributed by atoms with E-state index in [2.05, 4.69) is 42.6 Å². The predicted octanol–water partition coefficient (Wildman–Crippen LogP) is -3.40. The summed E-state index contributed by atoms with van der Waals surface area (Å²) in [5, 5.41) is 54.2. The molecule has 6 N–H and O–H groups in total. The van der Waals surface area contributed by atoms with Crippen LogP contribution >= 0.6 is 0 Å². The molecule has 6 heterocycles. The Bertz CT molecular complexity index is 1550. The third-order valence-electron chi connectivity index (χ3n) is 9.96. The van der Waals surface area contributed by atoms with Gasteiger partial charge in [-0.15, -0.1) is 0 Å². The van der Waals surface area contributed by atoms with Gasteiger partial charge >= 0.3 is 53.7 Å². The number of hydrogen-bond acceptors (Lipinski definition) is 27. The average molecular weight is 997 g/mol. The highest BCUT2D eigenvalue weighted by molar-refractivity contribution is 5.87. The lowest BCUT2D eigenvalue weighted by Gasteiger charge is -2.05. The van der Waals surface area contributed by atoms with Crippen molar-refractivity contribution in [2.75, 3.05) is 21.3 Å². The topological polar surface area (TPSA) is 409 Å². The molecule has 6 aliphatic rings. The Balaban J connectivity index is 0.000000415. The fourth-order valence-electron chi connectivity index (χ4n) is 6.13. The largest absolute Gasteiger partial charge is 0.469 e. The maximum absolute atomic E-state index is 10.7. The molecule has 69 heavy (non-hydrogen) atoms. The fraction of sp³-hybridized carbons (Fsp3) is 0.714. The Labute approximate surface area is 393 Å². The average Bonchev–Trinajstić information content (AvgIpc) is 4.08. The molecule has 6 rings (SSSR count). The summed E-state index contributed by atoms with van der Waals surface area (Å²) in [6.07, 6.45) is -7.49. The van der Waals surface area contributed by atoms with Gasteiger partial charge in [-0.2, -0.15) is 0 Å². The summed E-state index contributed by atoms with van der Waals surface area (Å²) < 4.78 is 40.3. The Morgan fingerprint density at radius 3 is 0.609 bits per heavy atom. The number of methoxy groups -OCH3 is 3. The molecule has 0 radical (unpaired) electrons. The molecule has 6 fully saturated rings. The molecular weight excluding hydrogens is 936 g/mol. The number of Topliss-reactive ketones (excluding diaryl/α,β-unsaturated/α-hetero) is 3. The van der Waals surface area contributed by atoms with Crippen molar-refractivity contribution in [3.63, 3.8) is 0 Å². The van der Waals surface area contributed by atoms with Crippen LogP contribution in [0.3, 0.4) is 0 Å². The van der Waals surface area contributed by atoms with Gasteiger partial charge in [0.1, 0.15) is 17.3 Å². The summed E-state index contributed by atoms with van der Waals surface area (Å²) >= 11 is 0. The number of unbranched alkanes of at least 4 members (excludes halogenated alkanes) is 3. The van der Waals surface area contributed by atoms with Gasteiger partial charge in [-0.25, -0.2) is 28.8 Å². The number of fused-ring (bicyclic) bond motifs is 3. The molecule has 0 aliphatic carbocycles. The standard InChI is InChI=1S/3C8H14O3.3C6H6O6/c3*1-7(9)5-3-4-6-8(10)11-2;3*7-1-3-4(12-5(1)9)2(8)6(10)11-3/h3*3-6H2,1-2H3;3*1-4,7-8H/t;;;3*1-,2+,3-,4-/m...111/s1. The van der Waals surface area contributed by atoms with Crippen LogP contribution in [0.2, 0.25) is 0 Å². The van der Waals surface area contributed by atoms with E-state index in [-0.39, 0.29) is 35.3 Å². The van der Waals surface area contributed by atoms with Gasteiger partial charge in [-0.05, 0) is 59.3 Å². The van der Waals surface area contributed by atoms with Gasteiger partial charge in [-0.3, -0.25) is 14.4 Å². The highest BCUT2D eigenvalue weighted by Gasteiger charge is 2.59. The van der Waals surface area contributed by atoms with Crippen molar-refractivity contribution in [1.82, 2.24) is 0 Å². The van der Waals surface area contributed by atoms with Gasteiger partial charge in [0.05, 0.1) is 21.3 Å². The van der Waals surface area contributed by atoms with Crippen LogP contribution in [0.15, 0.2) is 0 Å². The number of rotatable bonds is 15. The lowest BCUT2D eigenvalue weighted by molar-refractivity contribution is -0.160. The van der Waals surface area contributed by atoms with Crippen LogP contribution in [0.4, 0.5) is 0 Å². The first-order valence-corrected chi connectivity index (χ1v) is 21.3. The number of aliphatic hydroxyl groups is 6. The van der Waals surface area contributed by atoms with Gasteiger partial charge in [0.2, 0.25) is 0 Å².